The van der Waals surface area contributed by atoms with E-state index in [9.17, 15) is 8.42 Å². The molecular weight excluding hydrogens is 328 g/mol. The molecule has 0 amide bonds. The van der Waals surface area contributed by atoms with E-state index < -0.39 is 15.6 Å². The fourth-order valence-electron chi connectivity index (χ4n) is 2.22. The van der Waals surface area contributed by atoms with Crippen LogP contribution in [0.15, 0.2) is 41.7 Å². The number of sulfonamides is 1. The molecule has 0 saturated heterocycles. The number of aromatic nitrogens is 4. The smallest absolute Gasteiger partial charge is 0.242 e. The number of imidazole rings is 1. The van der Waals surface area contributed by atoms with Crippen LogP contribution in [-0.4, -0.2) is 33.5 Å². The third-order valence-electron chi connectivity index (χ3n) is 3.10. The number of nitrogens with two attached hydrogens (primary N) is 1. The Balaban J connectivity index is 2.03. The van der Waals surface area contributed by atoms with Crippen molar-refractivity contribution < 1.29 is 8.42 Å². The van der Waals surface area contributed by atoms with Crippen LogP contribution in [0.2, 0.25) is 0 Å². The van der Waals surface area contributed by atoms with E-state index in [0.717, 1.165) is 0 Å². The lowest BCUT2D eigenvalue weighted by Gasteiger charge is -2.20. The van der Waals surface area contributed by atoms with Gasteiger partial charge in [-0.2, -0.15) is 5.10 Å². The van der Waals surface area contributed by atoms with Crippen molar-refractivity contribution in [3.05, 3.63) is 36.8 Å². The van der Waals surface area contributed by atoms with Crippen molar-refractivity contribution in [1.29, 1.82) is 0 Å². The van der Waals surface area contributed by atoms with Gasteiger partial charge in [-0.25, -0.2) is 22.6 Å². The number of pyridine rings is 1. The van der Waals surface area contributed by atoms with Crippen LogP contribution in [0.3, 0.4) is 0 Å². The maximum atomic E-state index is 12.4. The number of fused-ring (bicyclic) bond motifs is 1. The summed E-state index contributed by atoms with van der Waals surface area (Å²) in [5, 5.41) is 4.38. The van der Waals surface area contributed by atoms with Gasteiger partial charge in [0, 0.05) is 23.5 Å². The molecule has 8 nitrogen and oxygen atoms in total. The summed E-state index contributed by atoms with van der Waals surface area (Å²) in [6, 6.07) is 5.04. The van der Waals surface area contributed by atoms with Gasteiger partial charge in [0.15, 0.2) is 5.65 Å². The number of anilines is 1. The molecule has 0 saturated carbocycles. The van der Waals surface area contributed by atoms with Crippen LogP contribution in [0.4, 0.5) is 5.82 Å². The van der Waals surface area contributed by atoms with Crippen LogP contribution in [0.25, 0.3) is 16.9 Å². The van der Waals surface area contributed by atoms with Crippen molar-refractivity contribution in [1.82, 2.24) is 24.3 Å². The molecule has 0 aromatic carbocycles. The molecule has 0 bridgehead atoms. The van der Waals surface area contributed by atoms with Gasteiger partial charge in [-0.3, -0.25) is 4.98 Å². The molecule has 3 heterocycles. The maximum Gasteiger partial charge on any atom is 0.242 e. The zero-order valence-corrected chi connectivity index (χ0v) is 14.4. The molecule has 3 aromatic heterocycles. The maximum absolute atomic E-state index is 12.4. The molecule has 0 atom stereocenters. The average Bonchev–Trinajstić information content (AvgIpc) is 2.84. The van der Waals surface area contributed by atoms with Crippen LogP contribution in [0, 0.1) is 0 Å². The number of hydrogen-bond acceptors (Lipinski definition) is 6. The minimum Gasteiger partial charge on any atom is -0.382 e. The third kappa shape index (κ3) is 3.36. The highest BCUT2D eigenvalue weighted by Gasteiger charge is 2.22. The number of nitrogens with zero attached hydrogens (tertiary/aromatic N) is 4. The fourth-order valence-corrected chi connectivity index (χ4v) is 3.63. The highest BCUT2D eigenvalue weighted by atomic mass is 32.2. The monoisotopic (exact) mass is 346 g/mol. The standard InChI is InChI=1S/C15H18N6O2S/c1-15(2,3)20-24(22,23)11-6-10(7-17-8-11)12-4-5-14-18-13(16)9-21(14)19-12/h4-9,20H,16H2,1-3H3. The number of nitrogens with one attached hydrogen (secondary N) is 1. The molecule has 0 aliphatic rings. The van der Waals surface area contributed by atoms with Gasteiger partial charge < -0.3 is 5.73 Å². The van der Waals surface area contributed by atoms with Crippen molar-refractivity contribution in [3.63, 3.8) is 0 Å². The molecule has 0 aliphatic carbocycles. The van der Waals surface area contributed by atoms with Crippen LogP contribution >= 0.6 is 0 Å². The Labute approximate surface area is 139 Å². The van der Waals surface area contributed by atoms with Gasteiger partial charge in [0.1, 0.15) is 10.7 Å². The Hall–Kier alpha value is -2.52. The summed E-state index contributed by atoms with van der Waals surface area (Å²) in [5.74, 6) is 0.364. The van der Waals surface area contributed by atoms with E-state index in [1.54, 1.807) is 49.8 Å². The van der Waals surface area contributed by atoms with Crippen LogP contribution in [0.1, 0.15) is 20.8 Å². The number of nitrogen functional groups attached to an aromatic ring is 1. The number of hydrogen-bond donors (Lipinski definition) is 2. The van der Waals surface area contributed by atoms with Gasteiger partial charge in [-0.05, 0) is 39.0 Å². The molecule has 0 fully saturated rings. The highest BCUT2D eigenvalue weighted by Crippen LogP contribution is 2.21. The first-order valence-corrected chi connectivity index (χ1v) is 8.74. The molecule has 9 heteroatoms. The molecule has 3 rings (SSSR count). The lowest BCUT2D eigenvalue weighted by molar-refractivity contribution is 0.491. The minimum absolute atomic E-state index is 0.0852. The van der Waals surface area contributed by atoms with E-state index in [2.05, 4.69) is 19.8 Å². The van der Waals surface area contributed by atoms with Crippen molar-refractivity contribution in [3.8, 4) is 11.3 Å². The second-order valence-electron chi connectivity index (χ2n) is 6.45. The largest absolute Gasteiger partial charge is 0.382 e. The quantitative estimate of drug-likeness (QED) is 0.741. The Kier molecular flexibility index (Phi) is 3.77. The first-order valence-electron chi connectivity index (χ1n) is 7.25. The predicted octanol–water partition coefficient (Wildman–Crippen LogP) is 1.45. The van der Waals surface area contributed by atoms with E-state index in [0.29, 0.717) is 22.7 Å². The molecule has 3 N–H and O–H groups in total. The molecular formula is C15H18N6O2S. The minimum atomic E-state index is -3.67. The van der Waals surface area contributed by atoms with Gasteiger partial charge in [0.25, 0.3) is 0 Å². The molecule has 0 spiro atoms. The number of rotatable bonds is 3. The average molecular weight is 346 g/mol. The van der Waals surface area contributed by atoms with Crippen LogP contribution in [0.5, 0.6) is 0 Å². The second-order valence-corrected chi connectivity index (χ2v) is 8.13. The van der Waals surface area contributed by atoms with Crippen LogP contribution < -0.4 is 10.5 Å². The molecule has 3 aromatic rings. The molecule has 0 aliphatic heterocycles. The fraction of sp³-hybridized carbons (Fsp3) is 0.267. The summed E-state index contributed by atoms with van der Waals surface area (Å²) < 4.78 is 29.0. The Morgan fingerprint density at radius 3 is 2.67 bits per heavy atom. The van der Waals surface area contributed by atoms with Crippen molar-refractivity contribution in [2.75, 3.05) is 5.73 Å². The summed E-state index contributed by atoms with van der Waals surface area (Å²) in [6.45, 7) is 5.34. The summed E-state index contributed by atoms with van der Waals surface area (Å²) in [4.78, 5) is 8.22. The first kappa shape index (κ1) is 16.3. The van der Waals surface area contributed by atoms with Gasteiger partial charge >= 0.3 is 0 Å². The molecule has 24 heavy (non-hydrogen) atoms. The zero-order valence-electron chi connectivity index (χ0n) is 13.6. The Morgan fingerprint density at radius 1 is 1.21 bits per heavy atom. The topological polar surface area (TPSA) is 115 Å². The summed E-state index contributed by atoms with van der Waals surface area (Å²) >= 11 is 0. The first-order chi connectivity index (χ1) is 11.1. The Bertz CT molecular complexity index is 1000. The SMILES string of the molecule is CC(C)(C)NS(=O)(=O)c1cncc(-c2ccc3nc(N)cn3n2)c1. The molecule has 0 unspecified atom stereocenters. The predicted molar refractivity (Wildman–Crippen MR) is 90.7 cm³/mol. The van der Waals surface area contributed by atoms with Crippen LogP contribution in [-0.2, 0) is 10.0 Å². The lowest BCUT2D eigenvalue weighted by Crippen LogP contribution is -2.40. The molecule has 0 radical (unpaired) electrons. The zero-order chi connectivity index (χ0) is 17.5. The summed E-state index contributed by atoms with van der Waals surface area (Å²) in [6.07, 6.45) is 4.46. The van der Waals surface area contributed by atoms with E-state index >= 15 is 0 Å². The normalized spacial score (nSPS) is 12.6. The van der Waals surface area contributed by atoms with E-state index in [1.807, 2.05) is 0 Å². The van der Waals surface area contributed by atoms with Crippen molar-refractivity contribution in [2.45, 2.75) is 31.2 Å². The summed E-state index contributed by atoms with van der Waals surface area (Å²) in [7, 11) is -3.67. The van der Waals surface area contributed by atoms with E-state index in [1.165, 1.54) is 12.3 Å². The van der Waals surface area contributed by atoms with Crippen molar-refractivity contribution in [2.24, 2.45) is 0 Å². The molecule has 126 valence electrons. The van der Waals surface area contributed by atoms with E-state index in [4.69, 9.17) is 5.73 Å². The van der Waals surface area contributed by atoms with Gasteiger partial charge in [0.2, 0.25) is 10.0 Å². The van der Waals surface area contributed by atoms with E-state index in [-0.39, 0.29) is 4.90 Å². The van der Waals surface area contributed by atoms with Crippen molar-refractivity contribution >= 4 is 21.5 Å². The van der Waals surface area contributed by atoms with Gasteiger partial charge in [-0.15, -0.1) is 0 Å². The Morgan fingerprint density at radius 2 is 1.96 bits per heavy atom. The summed E-state index contributed by atoms with van der Waals surface area (Å²) in [5.41, 5.74) is 6.83. The lowest BCUT2D eigenvalue weighted by atomic mass is 10.1. The second kappa shape index (κ2) is 5.53. The van der Waals surface area contributed by atoms with Gasteiger partial charge in [0.05, 0.1) is 11.9 Å². The highest BCUT2D eigenvalue weighted by molar-refractivity contribution is 7.89. The third-order valence-corrected chi connectivity index (χ3v) is 4.82. The van der Waals surface area contributed by atoms with Gasteiger partial charge in [-0.1, -0.05) is 0 Å².